The molecule has 2 aromatic carbocycles. The SMILES string of the molecule is N=C([O-])[C@H]1[C@H](C(=O)NCCc2ccccc2)c2ccccc2C(=O)N1C1CCCC1. The Balaban J connectivity index is 1.62. The van der Waals surface area contributed by atoms with E-state index in [9.17, 15) is 14.7 Å². The van der Waals surface area contributed by atoms with Crippen molar-refractivity contribution in [3.63, 3.8) is 0 Å². The molecule has 2 amide bonds. The third-order valence-corrected chi connectivity index (χ3v) is 6.20. The Labute approximate surface area is 176 Å². The van der Waals surface area contributed by atoms with Crippen molar-refractivity contribution in [3.8, 4) is 0 Å². The molecule has 0 unspecified atom stereocenters. The molecule has 156 valence electrons. The minimum atomic E-state index is -1.08. The summed E-state index contributed by atoms with van der Waals surface area (Å²) in [6, 6.07) is 15.7. The van der Waals surface area contributed by atoms with Gasteiger partial charge in [0.25, 0.3) is 5.91 Å². The van der Waals surface area contributed by atoms with E-state index in [1.54, 1.807) is 24.3 Å². The highest BCUT2D eigenvalue weighted by atomic mass is 16.3. The molecule has 2 atom stereocenters. The molecule has 0 bridgehead atoms. The molecule has 6 heteroatoms. The van der Waals surface area contributed by atoms with Gasteiger partial charge in [-0.2, -0.15) is 0 Å². The summed E-state index contributed by atoms with van der Waals surface area (Å²) in [4.78, 5) is 28.0. The van der Waals surface area contributed by atoms with Gasteiger partial charge < -0.3 is 20.7 Å². The van der Waals surface area contributed by atoms with Gasteiger partial charge >= 0.3 is 0 Å². The third kappa shape index (κ3) is 3.82. The van der Waals surface area contributed by atoms with Gasteiger partial charge in [0.2, 0.25) is 5.91 Å². The number of carbonyl (C=O) groups excluding carboxylic acids is 2. The van der Waals surface area contributed by atoms with Crippen LogP contribution in [0.5, 0.6) is 0 Å². The quantitative estimate of drug-likeness (QED) is 0.571. The fourth-order valence-corrected chi connectivity index (χ4v) is 4.78. The Morgan fingerprint density at radius 3 is 2.43 bits per heavy atom. The normalized spacial score (nSPS) is 21.3. The summed E-state index contributed by atoms with van der Waals surface area (Å²) in [6.45, 7) is 0.428. The van der Waals surface area contributed by atoms with Gasteiger partial charge in [-0.25, -0.2) is 0 Å². The molecule has 1 fully saturated rings. The van der Waals surface area contributed by atoms with Crippen molar-refractivity contribution in [3.05, 3.63) is 71.3 Å². The van der Waals surface area contributed by atoms with Crippen molar-refractivity contribution in [1.82, 2.24) is 10.2 Å². The van der Waals surface area contributed by atoms with Crippen LogP contribution in [0.2, 0.25) is 0 Å². The lowest BCUT2D eigenvalue weighted by Crippen LogP contribution is -2.60. The zero-order valence-corrected chi connectivity index (χ0v) is 16.8. The Morgan fingerprint density at radius 1 is 1.07 bits per heavy atom. The summed E-state index contributed by atoms with van der Waals surface area (Å²) < 4.78 is 0. The van der Waals surface area contributed by atoms with Gasteiger partial charge in [0, 0.05) is 18.2 Å². The summed E-state index contributed by atoms with van der Waals surface area (Å²) in [5.41, 5.74) is 2.11. The molecule has 1 aliphatic heterocycles. The van der Waals surface area contributed by atoms with Gasteiger partial charge in [0.1, 0.15) is 0 Å². The summed E-state index contributed by atoms with van der Waals surface area (Å²) in [5, 5.41) is 23.3. The molecule has 30 heavy (non-hydrogen) atoms. The van der Waals surface area contributed by atoms with Crippen LogP contribution in [-0.4, -0.2) is 41.2 Å². The van der Waals surface area contributed by atoms with Crippen molar-refractivity contribution in [2.75, 3.05) is 6.54 Å². The van der Waals surface area contributed by atoms with Gasteiger partial charge in [-0.1, -0.05) is 61.4 Å². The van der Waals surface area contributed by atoms with E-state index in [0.717, 1.165) is 31.2 Å². The zero-order valence-electron chi connectivity index (χ0n) is 16.8. The molecule has 2 N–H and O–H groups in total. The fourth-order valence-electron chi connectivity index (χ4n) is 4.78. The first kappa shape index (κ1) is 20.1. The fraction of sp³-hybridized carbons (Fsp3) is 0.375. The average Bonchev–Trinajstić information content (AvgIpc) is 3.28. The van der Waals surface area contributed by atoms with Crippen molar-refractivity contribution in [2.24, 2.45) is 0 Å². The lowest BCUT2D eigenvalue weighted by Gasteiger charge is -2.46. The number of hydrogen-bond donors (Lipinski definition) is 2. The second-order valence-electron chi connectivity index (χ2n) is 8.05. The molecule has 1 heterocycles. The van der Waals surface area contributed by atoms with Gasteiger partial charge in [0.15, 0.2) is 0 Å². The number of hydrogen-bond acceptors (Lipinski definition) is 4. The third-order valence-electron chi connectivity index (χ3n) is 6.20. The number of rotatable bonds is 6. The number of nitrogens with zero attached hydrogens (tertiary/aromatic N) is 1. The Bertz CT molecular complexity index is 938. The lowest BCUT2D eigenvalue weighted by molar-refractivity contribution is -0.227. The Morgan fingerprint density at radius 2 is 1.73 bits per heavy atom. The molecule has 2 aromatic rings. The first-order valence-corrected chi connectivity index (χ1v) is 10.6. The second kappa shape index (κ2) is 8.69. The molecule has 1 aliphatic carbocycles. The van der Waals surface area contributed by atoms with Gasteiger partial charge in [-0.05, 0) is 42.4 Å². The van der Waals surface area contributed by atoms with Crippen LogP contribution in [0.25, 0.3) is 0 Å². The van der Waals surface area contributed by atoms with E-state index in [4.69, 9.17) is 5.41 Å². The predicted molar refractivity (Wildman–Crippen MR) is 112 cm³/mol. The van der Waals surface area contributed by atoms with Crippen molar-refractivity contribution < 1.29 is 14.7 Å². The van der Waals surface area contributed by atoms with Crippen LogP contribution in [0, 0.1) is 5.41 Å². The maximum absolute atomic E-state index is 13.2. The molecule has 6 nitrogen and oxygen atoms in total. The summed E-state index contributed by atoms with van der Waals surface area (Å²) in [5.74, 6) is -2.29. The number of amides is 2. The molecule has 2 aliphatic rings. The summed E-state index contributed by atoms with van der Waals surface area (Å²) in [7, 11) is 0. The van der Waals surface area contributed by atoms with E-state index in [1.165, 1.54) is 4.90 Å². The van der Waals surface area contributed by atoms with E-state index >= 15 is 0 Å². The molecule has 0 saturated heterocycles. The molecule has 1 saturated carbocycles. The molecular formula is C24H26N3O3-. The van der Waals surface area contributed by atoms with Crippen molar-refractivity contribution in [2.45, 2.75) is 50.1 Å². The van der Waals surface area contributed by atoms with E-state index in [1.807, 2.05) is 30.3 Å². The van der Waals surface area contributed by atoms with E-state index in [2.05, 4.69) is 5.32 Å². The summed E-state index contributed by atoms with van der Waals surface area (Å²) >= 11 is 0. The molecule has 0 aromatic heterocycles. The number of nitrogens with one attached hydrogen (secondary N) is 2. The summed E-state index contributed by atoms with van der Waals surface area (Å²) in [6.07, 6.45) is 4.26. The highest BCUT2D eigenvalue weighted by Gasteiger charge is 2.46. The number of fused-ring (bicyclic) bond motifs is 1. The first-order valence-electron chi connectivity index (χ1n) is 10.6. The van der Waals surface area contributed by atoms with Crippen molar-refractivity contribution >= 4 is 17.7 Å². The Kier molecular flexibility index (Phi) is 5.84. The van der Waals surface area contributed by atoms with E-state index in [0.29, 0.717) is 24.1 Å². The number of benzene rings is 2. The second-order valence-corrected chi connectivity index (χ2v) is 8.05. The molecule has 0 radical (unpaired) electrons. The van der Waals surface area contributed by atoms with Crippen LogP contribution < -0.4 is 10.4 Å². The lowest BCUT2D eigenvalue weighted by atomic mass is 9.81. The largest absolute Gasteiger partial charge is 0.861 e. The maximum Gasteiger partial charge on any atom is 0.254 e. The molecular weight excluding hydrogens is 378 g/mol. The average molecular weight is 404 g/mol. The van der Waals surface area contributed by atoms with Gasteiger partial charge in [0.05, 0.1) is 12.0 Å². The topological polar surface area (TPSA) is 96.3 Å². The number of carbonyl (C=O) groups is 2. The Hall–Kier alpha value is -3.15. The van der Waals surface area contributed by atoms with Crippen molar-refractivity contribution in [1.29, 1.82) is 5.41 Å². The van der Waals surface area contributed by atoms with E-state index in [-0.39, 0.29) is 17.9 Å². The maximum atomic E-state index is 13.2. The van der Waals surface area contributed by atoms with Crippen LogP contribution in [0.4, 0.5) is 0 Å². The smallest absolute Gasteiger partial charge is 0.254 e. The first-order chi connectivity index (χ1) is 14.6. The minimum Gasteiger partial charge on any atom is -0.861 e. The monoisotopic (exact) mass is 404 g/mol. The van der Waals surface area contributed by atoms with Gasteiger partial charge in [-0.3, -0.25) is 9.59 Å². The van der Waals surface area contributed by atoms with Crippen LogP contribution in [-0.2, 0) is 11.2 Å². The predicted octanol–water partition coefficient (Wildman–Crippen LogP) is 2.23. The van der Waals surface area contributed by atoms with Crippen LogP contribution in [0.3, 0.4) is 0 Å². The standard InChI is InChI=1S/C24H27N3O3/c25-22(28)21-20(23(29)26-15-14-16-8-2-1-3-9-16)18-12-6-7-13-19(18)24(30)27(21)17-10-4-5-11-17/h1-3,6-9,12-13,17,20-21H,4-5,10-11,14-15H2,(H2,25,28)(H,26,29)/p-1/t20-,21-/m1/s1. The van der Waals surface area contributed by atoms with Gasteiger partial charge in [-0.15, -0.1) is 0 Å². The van der Waals surface area contributed by atoms with Crippen LogP contribution in [0.15, 0.2) is 54.6 Å². The highest BCUT2D eigenvalue weighted by molar-refractivity contribution is 6.05. The van der Waals surface area contributed by atoms with Crippen LogP contribution >= 0.6 is 0 Å². The zero-order chi connectivity index (χ0) is 21.1. The highest BCUT2D eigenvalue weighted by Crippen LogP contribution is 2.38. The van der Waals surface area contributed by atoms with Crippen LogP contribution in [0.1, 0.15) is 53.1 Å². The minimum absolute atomic E-state index is 0.0928. The molecule has 0 spiro atoms. The van der Waals surface area contributed by atoms with E-state index < -0.39 is 17.9 Å². The molecule has 4 rings (SSSR count).